The van der Waals surface area contributed by atoms with E-state index in [1.807, 2.05) is 12.3 Å². The maximum Gasteiger partial charge on any atom is 0.123 e. The van der Waals surface area contributed by atoms with Gasteiger partial charge in [-0.3, -0.25) is 4.90 Å². The first-order chi connectivity index (χ1) is 8.90. The topological polar surface area (TPSA) is 21.1 Å². The van der Waals surface area contributed by atoms with Crippen molar-refractivity contribution in [1.82, 2.24) is 14.7 Å². The summed E-state index contributed by atoms with van der Waals surface area (Å²) in [6.45, 7) is 6.28. The summed E-state index contributed by atoms with van der Waals surface area (Å²) in [4.78, 5) is 2.47. The van der Waals surface area contributed by atoms with Gasteiger partial charge in [-0.2, -0.15) is 5.10 Å². The van der Waals surface area contributed by atoms with Crippen molar-refractivity contribution in [1.29, 1.82) is 0 Å². The smallest absolute Gasteiger partial charge is 0.123 e. The fourth-order valence-electron chi connectivity index (χ4n) is 2.79. The molecule has 3 heteroatoms. The van der Waals surface area contributed by atoms with E-state index in [2.05, 4.69) is 45.5 Å². The van der Waals surface area contributed by atoms with Gasteiger partial charge in [-0.05, 0) is 18.9 Å². The molecule has 0 radical (unpaired) electrons. The van der Waals surface area contributed by atoms with Gasteiger partial charge in [0.2, 0.25) is 0 Å². The third-order valence-corrected chi connectivity index (χ3v) is 3.73. The predicted molar refractivity (Wildman–Crippen MR) is 74.4 cm³/mol. The van der Waals surface area contributed by atoms with Crippen molar-refractivity contribution in [2.75, 3.05) is 13.1 Å². The van der Waals surface area contributed by atoms with Crippen molar-refractivity contribution in [3.05, 3.63) is 43.1 Å². The van der Waals surface area contributed by atoms with Gasteiger partial charge in [-0.25, -0.2) is 4.68 Å². The van der Waals surface area contributed by atoms with Crippen LogP contribution in [0.3, 0.4) is 0 Å². The second-order valence-corrected chi connectivity index (χ2v) is 4.89. The summed E-state index contributed by atoms with van der Waals surface area (Å²) in [6, 6.07) is 8.35. The van der Waals surface area contributed by atoms with Crippen LogP contribution in [-0.2, 0) is 0 Å². The number of benzene rings is 1. The number of rotatable bonds is 3. The van der Waals surface area contributed by atoms with Gasteiger partial charge in [0.05, 0.1) is 11.7 Å². The van der Waals surface area contributed by atoms with E-state index < -0.39 is 0 Å². The average molecular weight is 241 g/mol. The molecule has 1 fully saturated rings. The first kappa shape index (κ1) is 11.5. The third-order valence-electron chi connectivity index (χ3n) is 3.73. The monoisotopic (exact) mass is 241 g/mol. The number of piperidine rings is 1. The first-order valence-electron chi connectivity index (χ1n) is 6.69. The van der Waals surface area contributed by atoms with Crippen molar-refractivity contribution < 1.29 is 0 Å². The Bertz CT molecular complexity index is 537. The minimum atomic E-state index is 0.185. The predicted octanol–water partition coefficient (Wildman–Crippen LogP) is 3.21. The molecule has 94 valence electrons. The molecule has 1 aromatic carbocycles. The summed E-state index contributed by atoms with van der Waals surface area (Å²) in [5.41, 5.74) is 1.19. The Morgan fingerprint density at radius 3 is 2.72 bits per heavy atom. The second kappa shape index (κ2) is 4.94. The maximum atomic E-state index is 4.55. The Kier molecular flexibility index (Phi) is 3.15. The quantitative estimate of drug-likeness (QED) is 0.769. The minimum absolute atomic E-state index is 0.185. The Morgan fingerprint density at radius 1 is 1.17 bits per heavy atom. The fraction of sp³-hybridized carbons (Fsp3) is 0.400. The lowest BCUT2D eigenvalue weighted by molar-refractivity contribution is 0.141. The standard InChI is InChI=1S/C15H19N3/c1-2-15(17-10-6-3-7-11-17)18-14-9-5-4-8-13(14)12-16-18/h2,4-5,8-9,12,15H,1,3,6-7,10-11H2. The number of nitrogens with zero attached hydrogens (tertiary/aromatic N) is 3. The van der Waals surface area contributed by atoms with Crippen LogP contribution in [0, 0.1) is 0 Å². The maximum absolute atomic E-state index is 4.55. The van der Waals surface area contributed by atoms with Gasteiger partial charge < -0.3 is 0 Å². The number of likely N-dealkylation sites (tertiary alicyclic amines) is 1. The number of hydrogen-bond acceptors (Lipinski definition) is 2. The van der Waals surface area contributed by atoms with E-state index in [1.165, 1.54) is 30.2 Å². The van der Waals surface area contributed by atoms with Gasteiger partial charge in [0, 0.05) is 18.5 Å². The molecule has 0 N–H and O–H groups in total. The number of aromatic nitrogens is 2. The molecule has 0 spiro atoms. The molecule has 2 heterocycles. The molecule has 3 rings (SSSR count). The highest BCUT2D eigenvalue weighted by Crippen LogP contribution is 2.24. The van der Waals surface area contributed by atoms with Gasteiger partial charge in [-0.15, -0.1) is 0 Å². The van der Waals surface area contributed by atoms with Gasteiger partial charge in [0.25, 0.3) is 0 Å². The Hall–Kier alpha value is -1.61. The van der Waals surface area contributed by atoms with Crippen molar-refractivity contribution in [2.45, 2.75) is 25.4 Å². The van der Waals surface area contributed by atoms with Crippen LogP contribution in [0.25, 0.3) is 10.9 Å². The Labute approximate surface area is 108 Å². The zero-order valence-corrected chi connectivity index (χ0v) is 10.6. The van der Waals surface area contributed by atoms with Crippen LogP contribution < -0.4 is 0 Å². The summed E-state index contributed by atoms with van der Waals surface area (Å²) in [5.74, 6) is 0. The van der Waals surface area contributed by atoms with Crippen LogP contribution in [0.2, 0.25) is 0 Å². The van der Waals surface area contributed by atoms with Gasteiger partial charge in [-0.1, -0.05) is 37.3 Å². The number of fused-ring (bicyclic) bond motifs is 1. The van der Waals surface area contributed by atoms with E-state index >= 15 is 0 Å². The van der Waals surface area contributed by atoms with E-state index in [0.717, 1.165) is 13.1 Å². The Balaban J connectivity index is 1.97. The van der Waals surface area contributed by atoms with Gasteiger partial charge in [0.1, 0.15) is 6.17 Å². The molecule has 0 saturated carbocycles. The summed E-state index contributed by atoms with van der Waals surface area (Å²) >= 11 is 0. The summed E-state index contributed by atoms with van der Waals surface area (Å²) in [7, 11) is 0. The molecular formula is C15H19N3. The Morgan fingerprint density at radius 2 is 1.94 bits per heavy atom. The third kappa shape index (κ3) is 1.95. The van der Waals surface area contributed by atoms with E-state index in [4.69, 9.17) is 0 Å². The molecule has 1 aliphatic rings. The van der Waals surface area contributed by atoms with Crippen molar-refractivity contribution in [2.24, 2.45) is 0 Å². The lowest BCUT2D eigenvalue weighted by Gasteiger charge is -2.33. The highest BCUT2D eigenvalue weighted by Gasteiger charge is 2.21. The van der Waals surface area contributed by atoms with Crippen LogP contribution >= 0.6 is 0 Å². The molecule has 1 saturated heterocycles. The van der Waals surface area contributed by atoms with Crippen LogP contribution in [0.4, 0.5) is 0 Å². The first-order valence-corrected chi connectivity index (χ1v) is 6.69. The van der Waals surface area contributed by atoms with E-state index in [9.17, 15) is 0 Å². The van der Waals surface area contributed by atoms with Crippen molar-refractivity contribution in [3.8, 4) is 0 Å². The normalized spacial score (nSPS) is 18.9. The van der Waals surface area contributed by atoms with Crippen molar-refractivity contribution >= 4 is 10.9 Å². The minimum Gasteiger partial charge on any atom is -0.279 e. The molecule has 0 bridgehead atoms. The van der Waals surface area contributed by atoms with E-state index in [-0.39, 0.29) is 6.17 Å². The fourth-order valence-corrected chi connectivity index (χ4v) is 2.79. The van der Waals surface area contributed by atoms with E-state index in [1.54, 1.807) is 0 Å². The zero-order valence-electron chi connectivity index (χ0n) is 10.6. The molecule has 1 aliphatic heterocycles. The van der Waals surface area contributed by atoms with Crippen LogP contribution in [0.1, 0.15) is 25.4 Å². The van der Waals surface area contributed by atoms with Crippen LogP contribution in [-0.4, -0.2) is 27.8 Å². The number of hydrogen-bond donors (Lipinski definition) is 0. The molecule has 1 unspecified atom stereocenters. The molecule has 0 aliphatic carbocycles. The highest BCUT2D eigenvalue weighted by atomic mass is 15.4. The van der Waals surface area contributed by atoms with E-state index in [0.29, 0.717) is 0 Å². The van der Waals surface area contributed by atoms with Gasteiger partial charge >= 0.3 is 0 Å². The zero-order chi connectivity index (χ0) is 12.4. The number of para-hydroxylation sites is 1. The largest absolute Gasteiger partial charge is 0.279 e. The molecule has 3 nitrogen and oxygen atoms in total. The molecule has 2 aromatic rings. The van der Waals surface area contributed by atoms with Crippen molar-refractivity contribution in [3.63, 3.8) is 0 Å². The summed E-state index contributed by atoms with van der Waals surface area (Å²) in [6.07, 6.45) is 8.04. The molecule has 0 amide bonds. The lowest BCUT2D eigenvalue weighted by atomic mass is 10.1. The average Bonchev–Trinajstić information content (AvgIpc) is 2.85. The summed E-state index contributed by atoms with van der Waals surface area (Å²) < 4.78 is 2.09. The van der Waals surface area contributed by atoms with Gasteiger partial charge in [0.15, 0.2) is 0 Å². The van der Waals surface area contributed by atoms with Crippen LogP contribution in [0.5, 0.6) is 0 Å². The molecule has 1 aromatic heterocycles. The van der Waals surface area contributed by atoms with Crippen LogP contribution in [0.15, 0.2) is 43.1 Å². The second-order valence-electron chi connectivity index (χ2n) is 4.89. The molecule has 18 heavy (non-hydrogen) atoms. The molecule has 1 atom stereocenters. The SMILES string of the molecule is C=CC(N1CCCCC1)n1ncc2ccccc21. The summed E-state index contributed by atoms with van der Waals surface area (Å²) in [5, 5.41) is 5.74. The molecular weight excluding hydrogens is 222 g/mol. The lowest BCUT2D eigenvalue weighted by Crippen LogP contribution is -2.36. The highest BCUT2D eigenvalue weighted by molar-refractivity contribution is 5.78.